The monoisotopic (exact) mass is 194 g/mol. The Morgan fingerprint density at radius 2 is 2.29 bits per heavy atom. The summed E-state index contributed by atoms with van der Waals surface area (Å²) < 4.78 is 0. The van der Waals surface area contributed by atoms with Gasteiger partial charge in [-0.05, 0) is 13.0 Å². The van der Waals surface area contributed by atoms with Crippen LogP contribution in [0.15, 0.2) is 18.5 Å². The van der Waals surface area contributed by atoms with Gasteiger partial charge in [-0.15, -0.1) is 0 Å². The average Bonchev–Trinajstić information content (AvgIpc) is 2.16. The maximum absolute atomic E-state index is 10.9. The highest BCUT2D eigenvalue weighted by Gasteiger charge is 2.16. The molecule has 0 saturated carbocycles. The molecule has 0 radical (unpaired) electrons. The quantitative estimate of drug-likeness (QED) is 0.707. The first-order valence-corrected chi connectivity index (χ1v) is 4.25. The van der Waals surface area contributed by atoms with E-state index >= 15 is 0 Å². The second-order valence-electron chi connectivity index (χ2n) is 3.12. The van der Waals surface area contributed by atoms with Crippen LogP contribution in [0.4, 0.5) is 11.4 Å². The van der Waals surface area contributed by atoms with Gasteiger partial charge in [-0.1, -0.05) is 0 Å². The average molecular weight is 194 g/mol. The number of hydrogen-bond acceptors (Lipinski definition) is 4. The molecule has 0 aliphatic rings. The predicted octanol–water partition coefficient (Wildman–Crippen LogP) is -0.0262. The van der Waals surface area contributed by atoms with E-state index in [-0.39, 0.29) is 11.9 Å². The third kappa shape index (κ3) is 1.93. The number of nitrogens with two attached hydrogens (primary N) is 2. The van der Waals surface area contributed by atoms with Crippen molar-refractivity contribution >= 4 is 17.3 Å². The Labute approximate surface area is 82.7 Å². The number of rotatable bonds is 3. The molecule has 1 aromatic heterocycles. The predicted molar refractivity (Wildman–Crippen MR) is 55.7 cm³/mol. The number of aromatic nitrogens is 1. The Balaban J connectivity index is 2.94. The molecular formula is C9H14N4O. The number of anilines is 2. The molecule has 0 aliphatic carbocycles. The fraction of sp³-hybridized carbons (Fsp3) is 0.333. The molecule has 1 unspecified atom stereocenters. The van der Waals surface area contributed by atoms with E-state index in [0.29, 0.717) is 5.69 Å². The molecule has 5 nitrogen and oxygen atoms in total. The lowest BCUT2D eigenvalue weighted by Crippen LogP contribution is -2.40. The summed E-state index contributed by atoms with van der Waals surface area (Å²) in [5.41, 5.74) is 12.2. The minimum absolute atomic E-state index is 0.385. The number of nitrogens with zero attached hydrogens (tertiary/aromatic N) is 2. The summed E-state index contributed by atoms with van der Waals surface area (Å²) in [5.74, 6) is -0.385. The van der Waals surface area contributed by atoms with Gasteiger partial charge in [0.2, 0.25) is 5.91 Å². The molecule has 1 aromatic rings. The van der Waals surface area contributed by atoms with E-state index in [0.717, 1.165) is 5.69 Å². The van der Waals surface area contributed by atoms with Crippen molar-refractivity contribution in [1.29, 1.82) is 0 Å². The second-order valence-corrected chi connectivity index (χ2v) is 3.12. The van der Waals surface area contributed by atoms with Crippen molar-refractivity contribution in [2.75, 3.05) is 17.7 Å². The number of carbonyl (C=O) groups is 1. The standard InChI is InChI=1S/C9H14N4O/c1-6(9(11)14)13(2)8-3-4-12-5-7(8)10/h3-6H,10H2,1-2H3,(H2,11,14). The van der Waals surface area contributed by atoms with Crippen molar-refractivity contribution in [3.8, 4) is 0 Å². The van der Waals surface area contributed by atoms with Crippen molar-refractivity contribution in [2.45, 2.75) is 13.0 Å². The van der Waals surface area contributed by atoms with E-state index in [2.05, 4.69) is 4.98 Å². The summed E-state index contributed by atoms with van der Waals surface area (Å²) in [6.45, 7) is 1.72. The van der Waals surface area contributed by atoms with Crippen LogP contribution < -0.4 is 16.4 Å². The lowest BCUT2D eigenvalue weighted by molar-refractivity contribution is -0.118. The maximum atomic E-state index is 10.9. The van der Waals surface area contributed by atoms with Crippen molar-refractivity contribution in [1.82, 2.24) is 4.98 Å². The minimum Gasteiger partial charge on any atom is -0.396 e. The number of carbonyl (C=O) groups excluding carboxylic acids is 1. The van der Waals surface area contributed by atoms with Gasteiger partial charge in [-0.3, -0.25) is 9.78 Å². The Hall–Kier alpha value is -1.78. The van der Waals surface area contributed by atoms with Gasteiger partial charge in [0.05, 0.1) is 17.6 Å². The third-order valence-electron chi connectivity index (χ3n) is 2.20. The number of primary amides is 1. The van der Waals surface area contributed by atoms with Crippen LogP contribution in [-0.2, 0) is 4.79 Å². The summed E-state index contributed by atoms with van der Waals surface area (Å²) >= 11 is 0. The molecule has 0 saturated heterocycles. The smallest absolute Gasteiger partial charge is 0.239 e. The SMILES string of the molecule is CC(C(N)=O)N(C)c1ccncc1N. The molecule has 5 heteroatoms. The normalized spacial score (nSPS) is 12.1. The Morgan fingerprint density at radius 1 is 1.64 bits per heavy atom. The summed E-state index contributed by atoms with van der Waals surface area (Å²) in [6.07, 6.45) is 3.16. The van der Waals surface area contributed by atoms with Crippen LogP contribution in [0.1, 0.15) is 6.92 Å². The van der Waals surface area contributed by atoms with Gasteiger partial charge in [0, 0.05) is 13.2 Å². The highest BCUT2D eigenvalue weighted by Crippen LogP contribution is 2.21. The van der Waals surface area contributed by atoms with Crippen LogP contribution in [0.25, 0.3) is 0 Å². The molecule has 14 heavy (non-hydrogen) atoms. The van der Waals surface area contributed by atoms with E-state index in [1.54, 1.807) is 37.3 Å². The fourth-order valence-corrected chi connectivity index (χ4v) is 1.12. The third-order valence-corrected chi connectivity index (χ3v) is 2.20. The van der Waals surface area contributed by atoms with Crippen molar-refractivity contribution in [3.05, 3.63) is 18.5 Å². The Bertz CT molecular complexity index is 339. The number of amides is 1. The first-order chi connectivity index (χ1) is 6.54. The topological polar surface area (TPSA) is 85.2 Å². The van der Waals surface area contributed by atoms with Gasteiger partial charge in [0.1, 0.15) is 6.04 Å². The molecule has 1 amide bonds. The summed E-state index contributed by atoms with van der Waals surface area (Å²) in [5, 5.41) is 0. The summed E-state index contributed by atoms with van der Waals surface area (Å²) in [7, 11) is 1.76. The molecule has 0 bridgehead atoms. The van der Waals surface area contributed by atoms with Gasteiger partial charge in [-0.25, -0.2) is 0 Å². The highest BCUT2D eigenvalue weighted by atomic mass is 16.1. The van der Waals surface area contributed by atoms with Gasteiger partial charge >= 0.3 is 0 Å². The van der Waals surface area contributed by atoms with E-state index in [1.165, 1.54) is 0 Å². The molecule has 1 atom stereocenters. The number of hydrogen-bond donors (Lipinski definition) is 2. The molecule has 0 fully saturated rings. The second kappa shape index (κ2) is 3.95. The van der Waals surface area contributed by atoms with E-state index in [9.17, 15) is 4.79 Å². The van der Waals surface area contributed by atoms with Gasteiger partial charge in [0.25, 0.3) is 0 Å². The summed E-state index contributed by atoms with van der Waals surface area (Å²) in [6, 6.07) is 1.36. The Kier molecular flexibility index (Phi) is 2.91. The van der Waals surface area contributed by atoms with Crippen LogP contribution in [0, 0.1) is 0 Å². The Morgan fingerprint density at radius 3 is 2.79 bits per heavy atom. The zero-order valence-electron chi connectivity index (χ0n) is 8.27. The first kappa shape index (κ1) is 10.3. The molecule has 4 N–H and O–H groups in total. The van der Waals surface area contributed by atoms with E-state index in [4.69, 9.17) is 11.5 Å². The maximum Gasteiger partial charge on any atom is 0.239 e. The van der Waals surface area contributed by atoms with Crippen LogP contribution in [-0.4, -0.2) is 24.0 Å². The lowest BCUT2D eigenvalue weighted by Gasteiger charge is -2.25. The van der Waals surface area contributed by atoms with E-state index < -0.39 is 0 Å². The van der Waals surface area contributed by atoms with Crippen LogP contribution in [0.2, 0.25) is 0 Å². The van der Waals surface area contributed by atoms with Crippen LogP contribution >= 0.6 is 0 Å². The molecule has 76 valence electrons. The summed E-state index contributed by atoms with van der Waals surface area (Å²) in [4.78, 5) is 16.5. The number of nitrogen functional groups attached to an aromatic ring is 1. The minimum atomic E-state index is -0.389. The highest BCUT2D eigenvalue weighted by molar-refractivity contribution is 5.84. The lowest BCUT2D eigenvalue weighted by atomic mass is 10.2. The first-order valence-electron chi connectivity index (χ1n) is 4.25. The van der Waals surface area contributed by atoms with Crippen molar-refractivity contribution < 1.29 is 4.79 Å². The van der Waals surface area contributed by atoms with Crippen LogP contribution in [0.3, 0.4) is 0 Å². The molecule has 1 heterocycles. The molecular weight excluding hydrogens is 180 g/mol. The zero-order chi connectivity index (χ0) is 10.7. The number of likely N-dealkylation sites (N-methyl/N-ethyl adjacent to an activating group) is 1. The largest absolute Gasteiger partial charge is 0.396 e. The molecule has 0 spiro atoms. The van der Waals surface area contributed by atoms with Crippen molar-refractivity contribution in [3.63, 3.8) is 0 Å². The molecule has 0 aliphatic heterocycles. The van der Waals surface area contributed by atoms with Gasteiger partial charge < -0.3 is 16.4 Å². The molecule has 1 rings (SSSR count). The number of pyridine rings is 1. The van der Waals surface area contributed by atoms with E-state index in [1.807, 2.05) is 0 Å². The zero-order valence-corrected chi connectivity index (χ0v) is 8.27. The van der Waals surface area contributed by atoms with Crippen molar-refractivity contribution in [2.24, 2.45) is 5.73 Å². The fourth-order valence-electron chi connectivity index (χ4n) is 1.12. The molecule has 0 aromatic carbocycles. The van der Waals surface area contributed by atoms with Gasteiger partial charge in [-0.2, -0.15) is 0 Å². The van der Waals surface area contributed by atoms with Crippen LogP contribution in [0.5, 0.6) is 0 Å². The van der Waals surface area contributed by atoms with Gasteiger partial charge in [0.15, 0.2) is 0 Å².